The molecular formula is C14H20BrNO3. The van der Waals surface area contributed by atoms with Gasteiger partial charge >= 0.3 is 0 Å². The number of hydrogen-bond acceptors (Lipinski definition) is 3. The van der Waals surface area contributed by atoms with Crippen LogP contribution in [0.4, 0.5) is 0 Å². The van der Waals surface area contributed by atoms with Gasteiger partial charge in [0.15, 0.2) is 0 Å². The molecular weight excluding hydrogens is 310 g/mol. The first kappa shape index (κ1) is 16.1. The molecule has 106 valence electrons. The third-order valence-electron chi connectivity index (χ3n) is 2.84. The minimum atomic E-state index is -0.745. The molecule has 19 heavy (non-hydrogen) atoms. The number of benzene rings is 1. The van der Waals surface area contributed by atoms with Crippen LogP contribution in [0.1, 0.15) is 32.4 Å². The van der Waals surface area contributed by atoms with Crippen LogP contribution in [0.5, 0.6) is 0 Å². The van der Waals surface area contributed by atoms with Gasteiger partial charge in [-0.3, -0.25) is 4.79 Å². The van der Waals surface area contributed by atoms with Crippen molar-refractivity contribution in [2.24, 2.45) is 0 Å². The van der Waals surface area contributed by atoms with Gasteiger partial charge in [-0.1, -0.05) is 28.1 Å². The minimum Gasteiger partial charge on any atom is -0.386 e. The van der Waals surface area contributed by atoms with E-state index < -0.39 is 12.2 Å². The number of ether oxygens (including phenoxy) is 1. The molecule has 2 N–H and O–H groups in total. The molecule has 4 nitrogen and oxygen atoms in total. The van der Waals surface area contributed by atoms with Crippen molar-refractivity contribution in [3.8, 4) is 0 Å². The maximum absolute atomic E-state index is 11.8. The van der Waals surface area contributed by atoms with Crippen LogP contribution < -0.4 is 5.32 Å². The second kappa shape index (κ2) is 7.62. The number of nitrogens with one attached hydrogen (secondary N) is 1. The van der Waals surface area contributed by atoms with Gasteiger partial charge in [0.2, 0.25) is 5.91 Å². The van der Waals surface area contributed by atoms with Crippen molar-refractivity contribution in [1.29, 1.82) is 0 Å². The third kappa shape index (κ3) is 4.93. The van der Waals surface area contributed by atoms with Gasteiger partial charge in [0.25, 0.3) is 0 Å². The van der Waals surface area contributed by atoms with E-state index in [1.165, 1.54) is 0 Å². The number of halogens is 1. The van der Waals surface area contributed by atoms with E-state index in [9.17, 15) is 9.90 Å². The highest BCUT2D eigenvalue weighted by Crippen LogP contribution is 2.19. The average Bonchev–Trinajstić information content (AvgIpc) is 2.38. The lowest BCUT2D eigenvalue weighted by Crippen LogP contribution is -2.42. The van der Waals surface area contributed by atoms with E-state index in [4.69, 9.17) is 4.74 Å². The molecule has 0 spiro atoms. The average molecular weight is 330 g/mol. The van der Waals surface area contributed by atoms with E-state index >= 15 is 0 Å². The SMILES string of the molecule is CCOC(C)C(=O)NC(C)C(O)c1ccc(Br)cc1. The molecule has 0 heterocycles. The molecule has 1 amide bonds. The zero-order chi connectivity index (χ0) is 14.4. The number of aliphatic hydroxyl groups excluding tert-OH is 1. The van der Waals surface area contributed by atoms with E-state index in [2.05, 4.69) is 21.2 Å². The van der Waals surface area contributed by atoms with Gasteiger partial charge in [-0.2, -0.15) is 0 Å². The van der Waals surface area contributed by atoms with E-state index in [1.807, 2.05) is 31.2 Å². The molecule has 0 aliphatic heterocycles. The maximum Gasteiger partial charge on any atom is 0.249 e. The molecule has 1 rings (SSSR count). The molecule has 3 atom stereocenters. The summed E-state index contributed by atoms with van der Waals surface area (Å²) in [5, 5.41) is 12.9. The second-order valence-electron chi connectivity index (χ2n) is 4.39. The summed E-state index contributed by atoms with van der Waals surface area (Å²) in [6.07, 6.45) is -1.25. The molecule has 1 aromatic carbocycles. The Balaban J connectivity index is 2.59. The zero-order valence-electron chi connectivity index (χ0n) is 11.4. The zero-order valence-corrected chi connectivity index (χ0v) is 13.0. The lowest BCUT2D eigenvalue weighted by molar-refractivity contribution is -0.132. The largest absolute Gasteiger partial charge is 0.386 e. The number of carbonyl (C=O) groups excluding carboxylic acids is 1. The summed E-state index contributed by atoms with van der Waals surface area (Å²) < 4.78 is 6.15. The van der Waals surface area contributed by atoms with Crippen molar-refractivity contribution in [3.05, 3.63) is 34.3 Å². The predicted octanol–water partition coefficient (Wildman–Crippen LogP) is 2.41. The molecule has 0 aromatic heterocycles. The Labute approximate surface area is 122 Å². The standard InChI is InChI=1S/C14H20BrNO3/c1-4-19-10(3)14(18)16-9(2)13(17)11-5-7-12(15)8-6-11/h5-10,13,17H,4H2,1-3H3,(H,16,18). The van der Waals surface area contributed by atoms with Gasteiger partial charge in [0, 0.05) is 11.1 Å². The summed E-state index contributed by atoms with van der Waals surface area (Å²) in [6.45, 7) is 5.78. The summed E-state index contributed by atoms with van der Waals surface area (Å²) in [6, 6.07) is 6.98. The number of rotatable bonds is 6. The van der Waals surface area contributed by atoms with Crippen LogP contribution in [0.15, 0.2) is 28.7 Å². The quantitative estimate of drug-likeness (QED) is 0.842. The molecule has 0 saturated heterocycles. The Bertz CT molecular complexity index is 408. The van der Waals surface area contributed by atoms with Gasteiger partial charge in [-0.05, 0) is 38.5 Å². The van der Waals surface area contributed by atoms with Crippen molar-refractivity contribution < 1.29 is 14.6 Å². The van der Waals surface area contributed by atoms with Crippen LogP contribution in [0, 0.1) is 0 Å². The van der Waals surface area contributed by atoms with Gasteiger partial charge < -0.3 is 15.2 Å². The summed E-state index contributed by atoms with van der Waals surface area (Å²) >= 11 is 3.34. The third-order valence-corrected chi connectivity index (χ3v) is 3.37. The predicted molar refractivity (Wildman–Crippen MR) is 77.8 cm³/mol. The Morgan fingerprint density at radius 1 is 1.37 bits per heavy atom. The first-order chi connectivity index (χ1) is 8.95. The smallest absolute Gasteiger partial charge is 0.249 e. The fourth-order valence-electron chi connectivity index (χ4n) is 1.70. The van der Waals surface area contributed by atoms with E-state index in [1.54, 1.807) is 13.8 Å². The molecule has 1 aromatic rings. The Morgan fingerprint density at radius 2 is 1.95 bits per heavy atom. The summed E-state index contributed by atoms with van der Waals surface area (Å²) in [7, 11) is 0. The molecule has 3 unspecified atom stereocenters. The van der Waals surface area contributed by atoms with Gasteiger partial charge in [-0.25, -0.2) is 0 Å². The molecule has 0 radical (unpaired) electrons. The number of aliphatic hydroxyl groups is 1. The molecule has 5 heteroatoms. The van der Waals surface area contributed by atoms with Crippen molar-refractivity contribution in [2.75, 3.05) is 6.61 Å². The first-order valence-corrected chi connectivity index (χ1v) is 7.10. The number of carbonyl (C=O) groups is 1. The Hall–Kier alpha value is -0.910. The van der Waals surface area contributed by atoms with Crippen LogP contribution in [0.2, 0.25) is 0 Å². The number of hydrogen-bond donors (Lipinski definition) is 2. The molecule has 0 fully saturated rings. The highest BCUT2D eigenvalue weighted by Gasteiger charge is 2.21. The topological polar surface area (TPSA) is 58.6 Å². The monoisotopic (exact) mass is 329 g/mol. The van der Waals surface area contributed by atoms with Crippen LogP contribution in [-0.2, 0) is 9.53 Å². The van der Waals surface area contributed by atoms with E-state index in [0.29, 0.717) is 6.61 Å². The second-order valence-corrected chi connectivity index (χ2v) is 5.31. The molecule has 0 bridgehead atoms. The van der Waals surface area contributed by atoms with Crippen molar-refractivity contribution >= 4 is 21.8 Å². The fourth-order valence-corrected chi connectivity index (χ4v) is 1.96. The molecule has 0 aliphatic carbocycles. The van der Waals surface area contributed by atoms with Crippen molar-refractivity contribution in [3.63, 3.8) is 0 Å². The van der Waals surface area contributed by atoms with Gasteiger partial charge in [0.05, 0.1) is 12.1 Å². The highest BCUT2D eigenvalue weighted by molar-refractivity contribution is 9.10. The molecule has 0 saturated carbocycles. The summed E-state index contributed by atoms with van der Waals surface area (Å²) in [4.78, 5) is 11.8. The summed E-state index contributed by atoms with van der Waals surface area (Å²) in [5.74, 6) is -0.217. The number of amides is 1. The van der Waals surface area contributed by atoms with Gasteiger partial charge in [-0.15, -0.1) is 0 Å². The lowest BCUT2D eigenvalue weighted by Gasteiger charge is -2.22. The van der Waals surface area contributed by atoms with E-state index in [-0.39, 0.29) is 11.9 Å². The first-order valence-electron chi connectivity index (χ1n) is 6.31. The van der Waals surface area contributed by atoms with Crippen LogP contribution >= 0.6 is 15.9 Å². The van der Waals surface area contributed by atoms with Crippen LogP contribution in [-0.4, -0.2) is 29.8 Å². The Morgan fingerprint density at radius 3 is 2.47 bits per heavy atom. The maximum atomic E-state index is 11.8. The van der Waals surface area contributed by atoms with Crippen molar-refractivity contribution in [1.82, 2.24) is 5.32 Å². The van der Waals surface area contributed by atoms with Crippen LogP contribution in [0.3, 0.4) is 0 Å². The summed E-state index contributed by atoms with van der Waals surface area (Å²) in [5.41, 5.74) is 0.764. The minimum absolute atomic E-state index is 0.217. The van der Waals surface area contributed by atoms with Crippen LogP contribution in [0.25, 0.3) is 0 Å². The Kier molecular flexibility index (Phi) is 6.48. The lowest BCUT2D eigenvalue weighted by atomic mass is 10.0. The molecule has 0 aliphatic rings. The van der Waals surface area contributed by atoms with E-state index in [0.717, 1.165) is 10.0 Å². The van der Waals surface area contributed by atoms with Gasteiger partial charge in [0.1, 0.15) is 6.10 Å². The fraction of sp³-hybridized carbons (Fsp3) is 0.500. The van der Waals surface area contributed by atoms with Crippen molar-refractivity contribution in [2.45, 2.75) is 39.0 Å². The highest BCUT2D eigenvalue weighted by atomic mass is 79.9. The normalized spacial score (nSPS) is 15.6.